The van der Waals surface area contributed by atoms with E-state index in [0.717, 1.165) is 23.3 Å². The van der Waals surface area contributed by atoms with Crippen LogP contribution >= 0.6 is 23.8 Å². The largest absolute Gasteiger partial charge is 0.484 e. The molecule has 27 heavy (non-hydrogen) atoms. The molecule has 0 aliphatic carbocycles. The van der Waals surface area contributed by atoms with Crippen LogP contribution in [-0.4, -0.2) is 23.5 Å². The van der Waals surface area contributed by atoms with E-state index < -0.39 is 17.6 Å². The van der Waals surface area contributed by atoms with Crippen molar-refractivity contribution >= 4 is 40.7 Å². The molecular formula is C18H17ClFN3O3S. The summed E-state index contributed by atoms with van der Waals surface area (Å²) in [5.74, 6) is -0.980. The van der Waals surface area contributed by atoms with Crippen LogP contribution in [0.4, 0.5) is 4.39 Å². The van der Waals surface area contributed by atoms with Crippen molar-refractivity contribution in [1.29, 1.82) is 0 Å². The Labute approximate surface area is 166 Å². The van der Waals surface area contributed by atoms with Crippen LogP contribution in [0.25, 0.3) is 0 Å². The molecule has 2 rings (SSSR count). The van der Waals surface area contributed by atoms with E-state index in [9.17, 15) is 14.0 Å². The summed E-state index contributed by atoms with van der Waals surface area (Å²) < 4.78 is 18.2. The Hall–Kier alpha value is -2.71. The summed E-state index contributed by atoms with van der Waals surface area (Å²) in [5, 5.41) is 2.89. The van der Waals surface area contributed by atoms with Gasteiger partial charge in [0.25, 0.3) is 11.8 Å². The van der Waals surface area contributed by atoms with Gasteiger partial charge in [-0.3, -0.25) is 25.8 Å². The fourth-order valence-electron chi connectivity index (χ4n) is 2.11. The summed E-state index contributed by atoms with van der Waals surface area (Å²) in [6.45, 7) is 3.42. The van der Waals surface area contributed by atoms with Crippen molar-refractivity contribution in [3.8, 4) is 5.75 Å². The third-order valence-corrected chi connectivity index (χ3v) is 4.23. The highest BCUT2D eigenvalue weighted by molar-refractivity contribution is 7.80. The molecule has 0 aliphatic rings. The summed E-state index contributed by atoms with van der Waals surface area (Å²) in [7, 11) is 0. The molecule has 9 heteroatoms. The number of amides is 2. The monoisotopic (exact) mass is 409 g/mol. The molecule has 0 saturated heterocycles. The number of benzene rings is 2. The zero-order valence-electron chi connectivity index (χ0n) is 14.6. The Morgan fingerprint density at radius 1 is 1.11 bits per heavy atom. The Morgan fingerprint density at radius 3 is 2.30 bits per heavy atom. The number of thiocarbonyl (C=S) groups is 1. The van der Waals surface area contributed by atoms with E-state index >= 15 is 0 Å². The van der Waals surface area contributed by atoms with Crippen LogP contribution in [0.3, 0.4) is 0 Å². The number of carbonyl (C=O) groups excluding carboxylic acids is 2. The smallest absolute Gasteiger partial charge is 0.276 e. The Morgan fingerprint density at radius 2 is 1.70 bits per heavy atom. The van der Waals surface area contributed by atoms with E-state index in [0.29, 0.717) is 10.8 Å². The third-order valence-electron chi connectivity index (χ3n) is 3.43. The molecule has 6 nitrogen and oxygen atoms in total. The van der Waals surface area contributed by atoms with Crippen molar-refractivity contribution < 1.29 is 18.7 Å². The molecule has 0 unspecified atom stereocenters. The number of carbonyl (C=O) groups is 2. The fraction of sp³-hybridized carbons (Fsp3) is 0.167. The van der Waals surface area contributed by atoms with Gasteiger partial charge < -0.3 is 4.74 Å². The lowest BCUT2D eigenvalue weighted by molar-refractivity contribution is -0.123. The van der Waals surface area contributed by atoms with Gasteiger partial charge in [-0.15, -0.1) is 0 Å². The van der Waals surface area contributed by atoms with Gasteiger partial charge in [0.1, 0.15) is 11.6 Å². The second-order valence-electron chi connectivity index (χ2n) is 5.62. The first-order valence-electron chi connectivity index (χ1n) is 7.81. The number of aryl methyl sites for hydroxylation is 2. The van der Waals surface area contributed by atoms with Gasteiger partial charge >= 0.3 is 0 Å². The van der Waals surface area contributed by atoms with E-state index in [2.05, 4.69) is 16.2 Å². The molecule has 0 spiro atoms. The maximum atomic E-state index is 12.8. The second-order valence-corrected chi connectivity index (χ2v) is 6.41. The van der Waals surface area contributed by atoms with Crippen LogP contribution < -0.4 is 20.9 Å². The zero-order chi connectivity index (χ0) is 20.0. The first kappa shape index (κ1) is 20.6. The van der Waals surface area contributed by atoms with E-state index in [-0.39, 0.29) is 17.3 Å². The second kappa shape index (κ2) is 9.29. The number of ether oxygens (including phenoxy) is 1. The Bertz CT molecular complexity index is 852. The molecule has 2 aromatic rings. The lowest BCUT2D eigenvalue weighted by Crippen LogP contribution is -2.49. The van der Waals surface area contributed by atoms with Crippen molar-refractivity contribution in [3.63, 3.8) is 0 Å². The molecule has 0 heterocycles. The van der Waals surface area contributed by atoms with Gasteiger partial charge in [-0.05, 0) is 73.6 Å². The topological polar surface area (TPSA) is 79.5 Å². The first-order chi connectivity index (χ1) is 12.8. The lowest BCUT2D eigenvalue weighted by atomic mass is 10.1. The molecule has 0 radical (unpaired) electrons. The molecule has 0 bridgehead atoms. The van der Waals surface area contributed by atoms with E-state index in [1.165, 1.54) is 12.1 Å². The first-order valence-corrected chi connectivity index (χ1v) is 8.60. The highest BCUT2D eigenvalue weighted by Gasteiger charge is 2.10. The predicted octanol–water partition coefficient (Wildman–Crippen LogP) is 2.81. The summed E-state index contributed by atoms with van der Waals surface area (Å²) in [6, 6.07) is 8.40. The number of hydrazine groups is 1. The standard InChI is InChI=1S/C18H17ClFN3O3S/c1-10-7-14(8-11(2)16(10)19)26-9-15(24)22-23-18(27)21-17(25)12-3-5-13(20)6-4-12/h3-8H,9H2,1-2H3,(H,22,24)(H2,21,23,25,27). The van der Waals surface area contributed by atoms with Crippen molar-refractivity contribution in [2.75, 3.05) is 6.61 Å². The van der Waals surface area contributed by atoms with E-state index in [4.69, 9.17) is 28.6 Å². The maximum absolute atomic E-state index is 12.8. The molecule has 0 aliphatic heterocycles. The number of hydrogen-bond acceptors (Lipinski definition) is 4. The van der Waals surface area contributed by atoms with Crippen LogP contribution in [0.15, 0.2) is 36.4 Å². The summed E-state index contributed by atoms with van der Waals surface area (Å²) in [5.41, 5.74) is 6.60. The van der Waals surface area contributed by atoms with Crippen molar-refractivity contribution in [1.82, 2.24) is 16.2 Å². The third kappa shape index (κ3) is 6.19. The minimum Gasteiger partial charge on any atom is -0.484 e. The summed E-state index contributed by atoms with van der Waals surface area (Å²) in [6.07, 6.45) is 0. The van der Waals surface area contributed by atoms with Gasteiger partial charge in [0.2, 0.25) is 0 Å². The molecule has 3 N–H and O–H groups in total. The number of halogens is 2. The van der Waals surface area contributed by atoms with E-state index in [1.807, 2.05) is 13.8 Å². The summed E-state index contributed by atoms with van der Waals surface area (Å²) >= 11 is 11.0. The van der Waals surface area contributed by atoms with Gasteiger partial charge in [-0.2, -0.15) is 0 Å². The average Bonchev–Trinajstić information content (AvgIpc) is 2.63. The SMILES string of the molecule is Cc1cc(OCC(=O)NNC(=S)NC(=O)c2ccc(F)cc2)cc(C)c1Cl. The molecule has 0 atom stereocenters. The highest BCUT2D eigenvalue weighted by atomic mass is 35.5. The van der Waals surface area contributed by atoms with Crippen LogP contribution in [0.2, 0.25) is 5.02 Å². The predicted molar refractivity (Wildman–Crippen MR) is 104 cm³/mol. The van der Waals surface area contributed by atoms with Crippen LogP contribution in [0, 0.1) is 19.7 Å². The van der Waals surface area contributed by atoms with Crippen molar-refractivity contribution in [3.05, 3.63) is 63.9 Å². The Balaban J connectivity index is 1.77. The molecule has 142 valence electrons. The molecule has 0 aromatic heterocycles. The average molecular weight is 410 g/mol. The van der Waals surface area contributed by atoms with Crippen LogP contribution in [0.1, 0.15) is 21.5 Å². The quantitative estimate of drug-likeness (QED) is 0.534. The highest BCUT2D eigenvalue weighted by Crippen LogP contribution is 2.25. The molecule has 2 amide bonds. The normalized spacial score (nSPS) is 10.1. The van der Waals surface area contributed by atoms with E-state index in [1.54, 1.807) is 12.1 Å². The van der Waals surface area contributed by atoms with Crippen LogP contribution in [0.5, 0.6) is 5.75 Å². The van der Waals surface area contributed by atoms with Crippen molar-refractivity contribution in [2.24, 2.45) is 0 Å². The number of nitrogens with one attached hydrogen (secondary N) is 3. The molecule has 0 fully saturated rings. The maximum Gasteiger partial charge on any atom is 0.276 e. The lowest BCUT2D eigenvalue weighted by Gasteiger charge is -2.12. The van der Waals surface area contributed by atoms with Gasteiger partial charge in [0.15, 0.2) is 11.7 Å². The van der Waals surface area contributed by atoms with Gasteiger partial charge in [-0.1, -0.05) is 11.6 Å². The van der Waals surface area contributed by atoms with Gasteiger partial charge in [-0.25, -0.2) is 4.39 Å². The van der Waals surface area contributed by atoms with Gasteiger partial charge in [0.05, 0.1) is 0 Å². The number of hydrogen-bond donors (Lipinski definition) is 3. The van der Waals surface area contributed by atoms with Gasteiger partial charge in [0, 0.05) is 10.6 Å². The molecule has 0 saturated carbocycles. The molecule has 2 aromatic carbocycles. The fourth-order valence-corrected chi connectivity index (χ4v) is 2.36. The van der Waals surface area contributed by atoms with Crippen molar-refractivity contribution in [2.45, 2.75) is 13.8 Å². The molecular weight excluding hydrogens is 393 g/mol. The van der Waals surface area contributed by atoms with Crippen LogP contribution in [-0.2, 0) is 4.79 Å². The number of rotatable bonds is 4. The zero-order valence-corrected chi connectivity index (χ0v) is 16.1. The minimum absolute atomic E-state index is 0.115. The Kier molecular flexibility index (Phi) is 7.09. The summed E-state index contributed by atoms with van der Waals surface area (Å²) in [4.78, 5) is 23.7. The minimum atomic E-state index is -0.537.